The number of hydrogen-bond acceptors (Lipinski definition) is 5. The van der Waals surface area contributed by atoms with E-state index in [1.807, 2.05) is 38.1 Å². The van der Waals surface area contributed by atoms with Crippen molar-refractivity contribution in [1.29, 1.82) is 0 Å². The van der Waals surface area contributed by atoms with Gasteiger partial charge in [-0.15, -0.1) is 0 Å². The molecule has 0 radical (unpaired) electrons. The van der Waals surface area contributed by atoms with Crippen LogP contribution in [0.1, 0.15) is 34.6 Å². The number of anilines is 2. The molecule has 0 saturated carbocycles. The van der Waals surface area contributed by atoms with Gasteiger partial charge < -0.3 is 10.6 Å². The number of nitrogens with zero attached hydrogens (tertiary/aromatic N) is 2. The molecule has 0 fully saturated rings. The largest absolute Gasteiger partial charge is 0.371 e. The summed E-state index contributed by atoms with van der Waals surface area (Å²) >= 11 is 3.37. The van der Waals surface area contributed by atoms with Gasteiger partial charge in [-0.05, 0) is 55.8 Å². The molecule has 1 amide bonds. The molecule has 1 unspecified atom stereocenters. The molecule has 3 aromatic rings. The van der Waals surface area contributed by atoms with Gasteiger partial charge in [-0.1, -0.05) is 28.1 Å². The lowest BCUT2D eigenvalue weighted by Gasteiger charge is -2.15. The number of aromatic nitrogens is 1. The molecular weight excluding hydrogens is 436 g/mol. The highest BCUT2D eigenvalue weighted by molar-refractivity contribution is 9.10. The molecule has 7 nitrogen and oxygen atoms in total. The fourth-order valence-electron chi connectivity index (χ4n) is 2.81. The Morgan fingerprint density at radius 2 is 1.93 bits per heavy atom. The molecule has 1 atom stereocenters. The third-order valence-corrected chi connectivity index (χ3v) is 4.90. The number of carbonyl (C=O) groups excluding carboxylic acids is 1. The third-order valence-electron chi connectivity index (χ3n) is 4.41. The van der Waals surface area contributed by atoms with Crippen LogP contribution < -0.4 is 10.6 Å². The first-order valence-electron chi connectivity index (χ1n) is 8.88. The number of nitrogens with one attached hydrogen (secondary N) is 2. The van der Waals surface area contributed by atoms with Gasteiger partial charge in [-0.3, -0.25) is 19.9 Å². The maximum atomic E-state index is 12.6. The molecule has 0 aliphatic rings. The van der Waals surface area contributed by atoms with Crippen LogP contribution >= 0.6 is 15.9 Å². The minimum absolute atomic E-state index is 0.175. The molecule has 2 N–H and O–H groups in total. The Bertz CT molecular complexity index is 1060. The van der Waals surface area contributed by atoms with Gasteiger partial charge in [0, 0.05) is 28.0 Å². The van der Waals surface area contributed by atoms with Crippen LogP contribution in [0, 0.1) is 17.0 Å². The zero-order valence-corrected chi connectivity index (χ0v) is 17.4. The van der Waals surface area contributed by atoms with Crippen molar-refractivity contribution in [2.24, 2.45) is 0 Å². The summed E-state index contributed by atoms with van der Waals surface area (Å²) < 4.78 is 0.826. The summed E-state index contributed by atoms with van der Waals surface area (Å²) in [4.78, 5) is 28.0. The van der Waals surface area contributed by atoms with E-state index in [2.05, 4.69) is 31.5 Å². The summed E-state index contributed by atoms with van der Waals surface area (Å²) in [7, 11) is 0. The first-order chi connectivity index (χ1) is 13.8. The predicted molar refractivity (Wildman–Crippen MR) is 116 cm³/mol. The zero-order chi connectivity index (χ0) is 21.0. The van der Waals surface area contributed by atoms with Gasteiger partial charge in [0.25, 0.3) is 11.6 Å². The van der Waals surface area contributed by atoms with Crippen molar-refractivity contribution in [3.8, 4) is 0 Å². The highest BCUT2D eigenvalue weighted by Gasteiger charge is 2.20. The van der Waals surface area contributed by atoms with E-state index in [0.29, 0.717) is 11.4 Å². The smallest absolute Gasteiger partial charge is 0.293 e. The van der Waals surface area contributed by atoms with Crippen molar-refractivity contribution >= 4 is 38.9 Å². The summed E-state index contributed by atoms with van der Waals surface area (Å²) in [5.74, 6) is -0.418. The number of nitro groups is 1. The van der Waals surface area contributed by atoms with E-state index in [1.54, 1.807) is 30.5 Å². The van der Waals surface area contributed by atoms with Crippen LogP contribution in [-0.2, 0) is 0 Å². The van der Waals surface area contributed by atoms with Crippen molar-refractivity contribution in [2.75, 3.05) is 10.6 Å². The highest BCUT2D eigenvalue weighted by Crippen LogP contribution is 2.29. The van der Waals surface area contributed by atoms with Crippen LogP contribution in [0.15, 0.2) is 65.3 Å². The van der Waals surface area contributed by atoms with Gasteiger partial charge in [0.15, 0.2) is 0 Å². The lowest BCUT2D eigenvalue weighted by molar-refractivity contribution is -0.384. The summed E-state index contributed by atoms with van der Waals surface area (Å²) in [6.07, 6.45) is 1.67. The second kappa shape index (κ2) is 8.83. The molecule has 0 aliphatic heterocycles. The first-order valence-corrected chi connectivity index (χ1v) is 9.68. The summed E-state index contributed by atoms with van der Waals surface area (Å²) in [6.45, 7) is 3.74. The number of nitro benzene ring substituents is 1. The Labute approximate surface area is 176 Å². The Morgan fingerprint density at radius 3 is 2.62 bits per heavy atom. The number of amides is 1. The van der Waals surface area contributed by atoms with E-state index < -0.39 is 10.8 Å². The normalized spacial score (nSPS) is 11.6. The summed E-state index contributed by atoms with van der Waals surface area (Å²) in [6, 6.07) is 15.2. The second-order valence-corrected chi connectivity index (χ2v) is 7.44. The highest BCUT2D eigenvalue weighted by atomic mass is 79.9. The van der Waals surface area contributed by atoms with Crippen LogP contribution in [0.5, 0.6) is 0 Å². The molecular formula is C21H19BrN4O3. The quantitative estimate of drug-likeness (QED) is 0.379. The number of hydrogen-bond donors (Lipinski definition) is 2. The van der Waals surface area contributed by atoms with E-state index in [1.165, 1.54) is 6.07 Å². The van der Waals surface area contributed by atoms with Crippen LogP contribution in [0.3, 0.4) is 0 Å². The third kappa shape index (κ3) is 4.97. The van der Waals surface area contributed by atoms with Gasteiger partial charge in [-0.2, -0.15) is 0 Å². The number of carbonyl (C=O) groups is 1. The minimum Gasteiger partial charge on any atom is -0.371 e. The van der Waals surface area contributed by atoms with Crippen LogP contribution in [0.2, 0.25) is 0 Å². The number of pyridine rings is 1. The SMILES string of the molecule is Cc1ccc(Br)cc1NC(=O)c1ccc(NC(C)c2ccccn2)c([N+](=O)[O-])c1. The molecule has 29 heavy (non-hydrogen) atoms. The van der Waals surface area contributed by atoms with Gasteiger partial charge in [0.2, 0.25) is 0 Å². The van der Waals surface area contributed by atoms with Gasteiger partial charge in [0.1, 0.15) is 5.69 Å². The Morgan fingerprint density at radius 1 is 1.14 bits per heavy atom. The van der Waals surface area contributed by atoms with E-state index in [-0.39, 0.29) is 17.3 Å². The maximum absolute atomic E-state index is 12.6. The van der Waals surface area contributed by atoms with Crippen molar-refractivity contribution < 1.29 is 9.72 Å². The Hall–Kier alpha value is -3.26. The van der Waals surface area contributed by atoms with E-state index >= 15 is 0 Å². The van der Waals surface area contributed by atoms with Crippen LogP contribution in [0.4, 0.5) is 17.1 Å². The zero-order valence-electron chi connectivity index (χ0n) is 15.8. The lowest BCUT2D eigenvalue weighted by atomic mass is 10.1. The van der Waals surface area contributed by atoms with Gasteiger partial charge in [-0.25, -0.2) is 0 Å². The van der Waals surface area contributed by atoms with Crippen LogP contribution in [-0.4, -0.2) is 15.8 Å². The Kier molecular flexibility index (Phi) is 6.23. The molecule has 148 valence electrons. The van der Waals surface area contributed by atoms with Crippen molar-refractivity contribution in [3.05, 3.63) is 92.2 Å². The monoisotopic (exact) mass is 454 g/mol. The molecule has 3 rings (SSSR count). The second-order valence-electron chi connectivity index (χ2n) is 6.52. The van der Waals surface area contributed by atoms with Gasteiger partial charge in [0.05, 0.1) is 16.7 Å². The molecule has 0 spiro atoms. The summed E-state index contributed by atoms with van der Waals surface area (Å²) in [5.41, 5.74) is 2.63. The minimum atomic E-state index is -0.505. The number of aryl methyl sites for hydroxylation is 1. The molecule has 2 aromatic carbocycles. The van der Waals surface area contributed by atoms with E-state index in [4.69, 9.17) is 0 Å². The summed E-state index contributed by atoms with van der Waals surface area (Å²) in [5, 5.41) is 17.5. The average Bonchev–Trinajstić information content (AvgIpc) is 2.71. The lowest BCUT2D eigenvalue weighted by Crippen LogP contribution is -2.14. The number of benzene rings is 2. The molecule has 1 aromatic heterocycles. The fraction of sp³-hybridized carbons (Fsp3) is 0.143. The van der Waals surface area contributed by atoms with E-state index in [9.17, 15) is 14.9 Å². The predicted octanol–water partition coefficient (Wildman–Crippen LogP) is 5.49. The first kappa shape index (κ1) is 20.5. The van der Waals surface area contributed by atoms with Crippen molar-refractivity contribution in [1.82, 2.24) is 4.98 Å². The molecule has 0 saturated heterocycles. The van der Waals surface area contributed by atoms with Crippen molar-refractivity contribution in [3.63, 3.8) is 0 Å². The fourth-order valence-corrected chi connectivity index (χ4v) is 3.17. The van der Waals surface area contributed by atoms with Crippen LogP contribution in [0.25, 0.3) is 0 Å². The molecule has 0 aliphatic carbocycles. The number of halogens is 1. The van der Waals surface area contributed by atoms with Crippen molar-refractivity contribution in [2.45, 2.75) is 19.9 Å². The average molecular weight is 455 g/mol. The molecule has 8 heteroatoms. The Balaban J connectivity index is 1.84. The molecule has 0 bridgehead atoms. The topological polar surface area (TPSA) is 97.2 Å². The molecule has 1 heterocycles. The standard InChI is InChI=1S/C21H19BrN4O3/c1-13-6-8-16(22)12-19(13)25-21(27)15-7-9-18(20(11-15)26(28)29)24-14(2)17-5-3-4-10-23-17/h3-12,14,24H,1-2H3,(H,25,27). The maximum Gasteiger partial charge on any atom is 0.293 e. The number of rotatable bonds is 6. The van der Waals surface area contributed by atoms with E-state index in [0.717, 1.165) is 15.7 Å². The van der Waals surface area contributed by atoms with Gasteiger partial charge >= 0.3 is 0 Å².